The molecular weight excluding hydrogens is 448 g/mol. The van der Waals surface area contributed by atoms with Crippen LogP contribution in [-0.2, 0) is 21.4 Å². The predicted molar refractivity (Wildman–Crippen MR) is 127 cm³/mol. The van der Waals surface area contributed by atoms with Crippen LogP contribution in [0.3, 0.4) is 0 Å². The quantitative estimate of drug-likeness (QED) is 0.632. The topological polar surface area (TPSA) is 82.9 Å². The zero-order valence-corrected chi connectivity index (χ0v) is 20.5. The maximum absolute atomic E-state index is 13.2. The van der Waals surface area contributed by atoms with Gasteiger partial charge < -0.3 is 9.80 Å². The Bertz CT molecular complexity index is 1120. The van der Waals surface area contributed by atoms with Crippen LogP contribution in [0.2, 0.25) is 0 Å². The second kappa shape index (κ2) is 9.62. The van der Waals surface area contributed by atoms with E-state index in [0.717, 1.165) is 56.0 Å². The summed E-state index contributed by atoms with van der Waals surface area (Å²) in [5.41, 5.74) is 0.785. The molecule has 10 heteroatoms. The van der Waals surface area contributed by atoms with Crippen molar-refractivity contribution in [3.8, 4) is 0 Å². The third-order valence-corrected chi connectivity index (χ3v) is 9.50. The van der Waals surface area contributed by atoms with Crippen LogP contribution >= 0.6 is 11.3 Å². The smallest absolute Gasteiger partial charge is 0.308 e. The number of fused-ring (bicyclic) bond motifs is 1. The predicted octanol–water partition coefficient (Wildman–Crippen LogP) is 2.04. The molecular formula is C22H32N4O4S2. The number of sulfonamides is 1. The van der Waals surface area contributed by atoms with Crippen molar-refractivity contribution in [1.82, 2.24) is 18.7 Å². The van der Waals surface area contributed by atoms with Crippen molar-refractivity contribution in [2.75, 3.05) is 45.8 Å². The van der Waals surface area contributed by atoms with Gasteiger partial charge in [-0.2, -0.15) is 4.31 Å². The molecule has 0 aliphatic carbocycles. The van der Waals surface area contributed by atoms with Crippen molar-refractivity contribution >= 4 is 37.5 Å². The second-order valence-corrected chi connectivity index (χ2v) is 11.5. The van der Waals surface area contributed by atoms with Gasteiger partial charge in [0.05, 0.1) is 15.1 Å². The summed E-state index contributed by atoms with van der Waals surface area (Å²) in [6.07, 6.45) is 1.94. The molecule has 0 radical (unpaired) electrons. The molecule has 2 aliphatic heterocycles. The Morgan fingerprint density at radius 1 is 1.06 bits per heavy atom. The van der Waals surface area contributed by atoms with Gasteiger partial charge in [0.15, 0.2) is 0 Å². The lowest BCUT2D eigenvalue weighted by atomic mass is 9.96. The van der Waals surface area contributed by atoms with E-state index >= 15 is 0 Å². The van der Waals surface area contributed by atoms with E-state index in [0.29, 0.717) is 37.2 Å². The normalized spacial score (nSPS) is 19.6. The van der Waals surface area contributed by atoms with Crippen LogP contribution in [0, 0.1) is 5.92 Å². The first kappa shape index (κ1) is 23.4. The van der Waals surface area contributed by atoms with E-state index in [1.54, 1.807) is 22.8 Å². The van der Waals surface area contributed by atoms with E-state index < -0.39 is 10.0 Å². The second-order valence-electron chi connectivity index (χ2n) is 8.59. The number of hydrogen-bond acceptors (Lipinski definition) is 6. The van der Waals surface area contributed by atoms with Gasteiger partial charge >= 0.3 is 4.87 Å². The van der Waals surface area contributed by atoms with E-state index in [4.69, 9.17) is 0 Å². The molecule has 176 valence electrons. The molecule has 32 heavy (non-hydrogen) atoms. The Morgan fingerprint density at radius 2 is 1.75 bits per heavy atom. The zero-order valence-electron chi connectivity index (χ0n) is 18.8. The summed E-state index contributed by atoms with van der Waals surface area (Å²) in [4.78, 5) is 29.6. The Morgan fingerprint density at radius 3 is 2.38 bits per heavy atom. The summed E-state index contributed by atoms with van der Waals surface area (Å²) in [6, 6.07) is 4.95. The fraction of sp³-hybridized carbons (Fsp3) is 0.636. The van der Waals surface area contributed by atoms with E-state index in [1.165, 1.54) is 4.31 Å². The summed E-state index contributed by atoms with van der Waals surface area (Å²) in [7, 11) is -3.66. The van der Waals surface area contributed by atoms with Gasteiger partial charge in [-0.25, -0.2) is 8.42 Å². The molecule has 0 unspecified atom stereocenters. The number of carbonyl (C=O) groups is 1. The molecule has 0 atom stereocenters. The molecule has 0 N–H and O–H groups in total. The summed E-state index contributed by atoms with van der Waals surface area (Å²) < 4.78 is 30.4. The number of nitrogens with zero attached hydrogens (tertiary/aromatic N) is 4. The number of carbonyl (C=O) groups excluding carboxylic acids is 1. The van der Waals surface area contributed by atoms with Gasteiger partial charge in [0.1, 0.15) is 0 Å². The fourth-order valence-corrected chi connectivity index (χ4v) is 7.21. The number of aromatic nitrogens is 1. The summed E-state index contributed by atoms with van der Waals surface area (Å²) in [5.74, 6) is 0.0617. The maximum atomic E-state index is 13.2. The van der Waals surface area contributed by atoms with Crippen molar-refractivity contribution in [2.45, 2.75) is 44.6 Å². The Labute approximate surface area is 193 Å². The van der Waals surface area contributed by atoms with Crippen molar-refractivity contribution < 1.29 is 13.2 Å². The highest BCUT2D eigenvalue weighted by Crippen LogP contribution is 2.28. The number of piperazine rings is 1. The van der Waals surface area contributed by atoms with Gasteiger partial charge in [-0.15, -0.1) is 0 Å². The van der Waals surface area contributed by atoms with Crippen LogP contribution < -0.4 is 4.87 Å². The number of piperidine rings is 1. The van der Waals surface area contributed by atoms with Crippen molar-refractivity contribution in [2.24, 2.45) is 5.92 Å². The zero-order chi connectivity index (χ0) is 22.9. The standard InChI is InChI=1S/C22H32N4O4S2/c1-3-9-26-19-6-5-18(16-20(19)31-22(26)28)32(29,30)25-10-7-17(8-11-25)21(27)24-14-12-23(4-2)13-15-24/h5-6,16-17H,3-4,7-15H2,1-2H3. The number of hydrogen-bond donors (Lipinski definition) is 0. The van der Waals surface area contributed by atoms with Crippen molar-refractivity contribution in [3.63, 3.8) is 0 Å². The lowest BCUT2D eigenvalue weighted by Gasteiger charge is -2.38. The minimum Gasteiger partial charge on any atom is -0.340 e. The first-order valence-electron chi connectivity index (χ1n) is 11.5. The third-order valence-electron chi connectivity index (χ3n) is 6.66. The van der Waals surface area contributed by atoms with Crippen LogP contribution in [0.25, 0.3) is 10.2 Å². The van der Waals surface area contributed by atoms with Crippen LogP contribution in [0.1, 0.15) is 33.1 Å². The SMILES string of the molecule is CCCn1c(=O)sc2cc(S(=O)(=O)N3CCC(C(=O)N4CCN(CC)CC4)CC3)ccc21. The molecule has 8 nitrogen and oxygen atoms in total. The third kappa shape index (κ3) is 4.50. The van der Waals surface area contributed by atoms with Crippen LogP contribution in [0.4, 0.5) is 0 Å². The van der Waals surface area contributed by atoms with Gasteiger partial charge in [0.2, 0.25) is 15.9 Å². The Balaban J connectivity index is 1.43. The molecule has 2 aliphatic rings. The van der Waals surface area contributed by atoms with E-state index in [2.05, 4.69) is 11.8 Å². The first-order chi connectivity index (χ1) is 15.3. The van der Waals surface area contributed by atoms with Crippen LogP contribution in [0.5, 0.6) is 0 Å². The molecule has 1 amide bonds. The molecule has 2 saturated heterocycles. The highest BCUT2D eigenvalue weighted by Gasteiger charge is 2.34. The van der Waals surface area contributed by atoms with Gasteiger partial charge in [-0.1, -0.05) is 25.2 Å². The number of aryl methyl sites for hydroxylation is 1. The first-order valence-corrected chi connectivity index (χ1v) is 13.8. The highest BCUT2D eigenvalue weighted by molar-refractivity contribution is 7.89. The maximum Gasteiger partial charge on any atom is 0.308 e. The largest absolute Gasteiger partial charge is 0.340 e. The molecule has 1 aromatic carbocycles. The van der Waals surface area contributed by atoms with Gasteiger partial charge in [-0.3, -0.25) is 14.2 Å². The van der Waals surface area contributed by atoms with Crippen molar-refractivity contribution in [3.05, 3.63) is 27.9 Å². The molecule has 1 aromatic heterocycles. The molecule has 2 fully saturated rings. The average molecular weight is 481 g/mol. The summed E-state index contributed by atoms with van der Waals surface area (Å²) in [6.45, 7) is 9.79. The minimum atomic E-state index is -3.66. The number of benzene rings is 1. The van der Waals surface area contributed by atoms with E-state index in [1.807, 2.05) is 11.8 Å². The highest BCUT2D eigenvalue weighted by atomic mass is 32.2. The Kier molecular flexibility index (Phi) is 7.04. The van der Waals surface area contributed by atoms with Gasteiger partial charge in [-0.05, 0) is 44.0 Å². The molecule has 2 aromatic rings. The number of thiazole rings is 1. The summed E-state index contributed by atoms with van der Waals surface area (Å²) >= 11 is 1.09. The molecule has 0 saturated carbocycles. The number of likely N-dealkylation sites (N-methyl/N-ethyl adjacent to an activating group) is 1. The van der Waals surface area contributed by atoms with E-state index in [9.17, 15) is 18.0 Å². The average Bonchev–Trinajstić information content (AvgIpc) is 3.13. The van der Waals surface area contributed by atoms with E-state index in [-0.39, 0.29) is 21.6 Å². The van der Waals surface area contributed by atoms with Gasteiger partial charge in [0.25, 0.3) is 0 Å². The minimum absolute atomic E-state index is 0.0597. The lowest BCUT2D eigenvalue weighted by Crippen LogP contribution is -2.51. The summed E-state index contributed by atoms with van der Waals surface area (Å²) in [5, 5.41) is 0. The van der Waals surface area contributed by atoms with Crippen LogP contribution in [-0.4, -0.2) is 78.8 Å². The monoisotopic (exact) mass is 480 g/mol. The van der Waals surface area contributed by atoms with Crippen molar-refractivity contribution in [1.29, 1.82) is 0 Å². The molecule has 0 spiro atoms. The fourth-order valence-electron chi connectivity index (χ4n) is 4.68. The molecule has 4 rings (SSSR count). The molecule has 3 heterocycles. The number of amides is 1. The molecule has 0 bridgehead atoms. The lowest BCUT2D eigenvalue weighted by molar-refractivity contribution is -0.138. The van der Waals surface area contributed by atoms with Gasteiger partial charge in [0, 0.05) is 51.7 Å². The number of rotatable bonds is 6. The van der Waals surface area contributed by atoms with Crippen LogP contribution in [0.15, 0.2) is 27.9 Å². The Hall–Kier alpha value is -1.75.